The van der Waals surface area contributed by atoms with Gasteiger partial charge >= 0.3 is 6.36 Å². The molecule has 1 aliphatic heterocycles. The molecular formula is C16H23F3N2O3. The quantitative estimate of drug-likeness (QED) is 0.792. The van der Waals surface area contributed by atoms with Gasteiger partial charge in [-0.1, -0.05) is 0 Å². The van der Waals surface area contributed by atoms with Crippen LogP contribution in [0.25, 0.3) is 0 Å². The van der Waals surface area contributed by atoms with Gasteiger partial charge in [0.2, 0.25) is 0 Å². The Kier molecular flexibility index (Phi) is 6.70. The van der Waals surface area contributed by atoms with E-state index in [2.05, 4.69) is 15.0 Å². The highest BCUT2D eigenvalue weighted by atomic mass is 19.4. The smallest absolute Gasteiger partial charge is 0.496 e. The fraction of sp³-hybridized carbons (Fsp3) is 0.625. The first-order valence-corrected chi connectivity index (χ1v) is 7.94. The summed E-state index contributed by atoms with van der Waals surface area (Å²) in [5.74, 6) is 0.258. The third-order valence-corrected chi connectivity index (χ3v) is 4.02. The molecule has 24 heavy (non-hydrogen) atoms. The van der Waals surface area contributed by atoms with Crippen molar-refractivity contribution in [2.45, 2.75) is 25.2 Å². The SMILES string of the molecule is COc1ccc(OC(F)(F)F)cc1[C@H](CCCO)N1CCNCC1. The maximum atomic E-state index is 12.5. The molecule has 0 bridgehead atoms. The number of piperazine rings is 1. The largest absolute Gasteiger partial charge is 0.573 e. The maximum absolute atomic E-state index is 12.5. The molecule has 0 unspecified atom stereocenters. The molecule has 0 radical (unpaired) electrons. The van der Waals surface area contributed by atoms with Gasteiger partial charge in [0.15, 0.2) is 0 Å². The predicted octanol–water partition coefficient (Wildman–Crippen LogP) is 2.31. The van der Waals surface area contributed by atoms with Crippen LogP contribution in [0.15, 0.2) is 18.2 Å². The van der Waals surface area contributed by atoms with Gasteiger partial charge in [-0.25, -0.2) is 0 Å². The van der Waals surface area contributed by atoms with Gasteiger partial charge in [0.05, 0.1) is 7.11 Å². The van der Waals surface area contributed by atoms with Gasteiger partial charge in [0.25, 0.3) is 0 Å². The summed E-state index contributed by atoms with van der Waals surface area (Å²) in [4.78, 5) is 2.20. The lowest BCUT2D eigenvalue weighted by molar-refractivity contribution is -0.274. The number of methoxy groups -OCH3 is 1. The highest BCUT2D eigenvalue weighted by Gasteiger charge is 2.32. The number of rotatable bonds is 7. The highest BCUT2D eigenvalue weighted by molar-refractivity contribution is 5.42. The van der Waals surface area contributed by atoms with Gasteiger partial charge in [-0.05, 0) is 31.0 Å². The summed E-state index contributed by atoms with van der Waals surface area (Å²) in [6.07, 6.45) is -3.55. The van der Waals surface area contributed by atoms with Gasteiger partial charge in [-0.2, -0.15) is 0 Å². The molecule has 2 rings (SSSR count). The summed E-state index contributed by atoms with van der Waals surface area (Å²) in [5.41, 5.74) is 0.648. The Morgan fingerprint density at radius 1 is 1.29 bits per heavy atom. The molecular weight excluding hydrogens is 325 g/mol. The molecule has 8 heteroatoms. The van der Waals surface area contributed by atoms with Crippen molar-refractivity contribution in [2.75, 3.05) is 39.9 Å². The van der Waals surface area contributed by atoms with Crippen molar-refractivity contribution in [3.63, 3.8) is 0 Å². The molecule has 2 N–H and O–H groups in total. The molecule has 1 aliphatic rings. The van der Waals surface area contributed by atoms with Crippen LogP contribution in [0, 0.1) is 0 Å². The third-order valence-electron chi connectivity index (χ3n) is 4.02. The summed E-state index contributed by atoms with van der Waals surface area (Å²) < 4.78 is 46.9. The number of halogens is 3. The molecule has 0 aromatic heterocycles. The number of nitrogens with one attached hydrogen (secondary N) is 1. The van der Waals surface area contributed by atoms with Crippen LogP contribution >= 0.6 is 0 Å². The molecule has 1 saturated heterocycles. The number of benzene rings is 1. The van der Waals surface area contributed by atoms with Crippen molar-refractivity contribution in [1.82, 2.24) is 10.2 Å². The average Bonchev–Trinajstić information content (AvgIpc) is 2.55. The Balaban J connectivity index is 2.32. The molecule has 136 valence electrons. The first kappa shape index (κ1) is 18.8. The topological polar surface area (TPSA) is 54.0 Å². The number of alkyl halides is 3. The van der Waals surface area contributed by atoms with E-state index in [1.54, 1.807) is 0 Å². The number of ether oxygens (including phenoxy) is 2. The molecule has 0 amide bonds. The van der Waals surface area contributed by atoms with E-state index in [1.165, 1.54) is 25.3 Å². The first-order valence-electron chi connectivity index (χ1n) is 7.94. The zero-order valence-electron chi connectivity index (χ0n) is 13.6. The maximum Gasteiger partial charge on any atom is 0.573 e. The van der Waals surface area contributed by atoms with Crippen LogP contribution in [-0.4, -0.2) is 56.3 Å². The second-order valence-corrected chi connectivity index (χ2v) is 5.62. The van der Waals surface area contributed by atoms with Crippen LogP contribution in [0.5, 0.6) is 11.5 Å². The zero-order chi connectivity index (χ0) is 17.6. The van der Waals surface area contributed by atoms with Gasteiger partial charge < -0.3 is 19.9 Å². The molecule has 1 atom stereocenters. The Labute approximate surface area is 139 Å². The van der Waals surface area contributed by atoms with Gasteiger partial charge in [-0.3, -0.25) is 4.90 Å². The second kappa shape index (κ2) is 8.55. The third kappa shape index (κ3) is 5.25. The molecule has 1 aromatic carbocycles. The Morgan fingerprint density at radius 2 is 2.00 bits per heavy atom. The number of hydrogen-bond acceptors (Lipinski definition) is 5. The van der Waals surface area contributed by atoms with Crippen LogP contribution in [-0.2, 0) is 0 Å². The number of hydrogen-bond donors (Lipinski definition) is 2. The Morgan fingerprint density at radius 3 is 2.58 bits per heavy atom. The predicted molar refractivity (Wildman–Crippen MR) is 83.2 cm³/mol. The minimum absolute atomic E-state index is 0.0314. The molecule has 0 aliphatic carbocycles. The lowest BCUT2D eigenvalue weighted by Crippen LogP contribution is -2.45. The van der Waals surface area contributed by atoms with Crippen LogP contribution in [0.1, 0.15) is 24.4 Å². The lowest BCUT2D eigenvalue weighted by Gasteiger charge is -2.36. The Hall–Kier alpha value is -1.51. The van der Waals surface area contributed by atoms with E-state index >= 15 is 0 Å². The minimum Gasteiger partial charge on any atom is -0.496 e. The van der Waals surface area contributed by atoms with Crippen molar-refractivity contribution in [1.29, 1.82) is 0 Å². The molecule has 5 nitrogen and oxygen atoms in total. The lowest BCUT2D eigenvalue weighted by atomic mass is 9.98. The monoisotopic (exact) mass is 348 g/mol. The summed E-state index contributed by atoms with van der Waals surface area (Å²) in [7, 11) is 1.49. The van der Waals surface area contributed by atoms with Gasteiger partial charge in [0.1, 0.15) is 11.5 Å². The van der Waals surface area contributed by atoms with Crippen molar-refractivity contribution < 1.29 is 27.8 Å². The van der Waals surface area contributed by atoms with Crippen molar-refractivity contribution in [3.05, 3.63) is 23.8 Å². The van der Waals surface area contributed by atoms with E-state index in [0.29, 0.717) is 24.2 Å². The average molecular weight is 348 g/mol. The normalized spacial score (nSPS) is 17.5. The van der Waals surface area contributed by atoms with E-state index in [4.69, 9.17) is 9.84 Å². The van der Waals surface area contributed by atoms with E-state index in [-0.39, 0.29) is 18.4 Å². The molecule has 0 spiro atoms. The standard InChI is InChI=1S/C16H23F3N2O3/c1-23-15-5-4-12(24-16(17,18)19)11-13(15)14(3-2-10-22)21-8-6-20-7-9-21/h4-5,11,14,20,22H,2-3,6-10H2,1H3/t14-/m0/s1. The Bertz CT molecular complexity index is 520. The number of nitrogens with zero attached hydrogens (tertiary/aromatic N) is 1. The van der Waals surface area contributed by atoms with Crippen LogP contribution in [0.4, 0.5) is 13.2 Å². The minimum atomic E-state index is -4.73. The molecule has 1 fully saturated rings. The van der Waals surface area contributed by atoms with Crippen molar-refractivity contribution in [3.8, 4) is 11.5 Å². The summed E-state index contributed by atoms with van der Waals surface area (Å²) >= 11 is 0. The summed E-state index contributed by atoms with van der Waals surface area (Å²) in [6.45, 7) is 3.23. The number of aliphatic hydroxyl groups excluding tert-OH is 1. The fourth-order valence-electron chi connectivity index (χ4n) is 2.98. The van der Waals surface area contributed by atoms with Crippen LogP contribution in [0.3, 0.4) is 0 Å². The molecule has 0 saturated carbocycles. The van der Waals surface area contributed by atoms with Crippen molar-refractivity contribution in [2.24, 2.45) is 0 Å². The van der Waals surface area contributed by atoms with Crippen LogP contribution in [0.2, 0.25) is 0 Å². The summed E-state index contributed by atoms with van der Waals surface area (Å²) in [5, 5.41) is 12.4. The summed E-state index contributed by atoms with van der Waals surface area (Å²) in [6, 6.07) is 3.99. The first-order chi connectivity index (χ1) is 11.4. The second-order valence-electron chi connectivity index (χ2n) is 5.62. The van der Waals surface area contributed by atoms with E-state index < -0.39 is 6.36 Å². The number of aliphatic hydroxyl groups is 1. The zero-order valence-corrected chi connectivity index (χ0v) is 13.6. The van der Waals surface area contributed by atoms with Gasteiger partial charge in [0, 0.05) is 44.4 Å². The van der Waals surface area contributed by atoms with E-state index in [1.807, 2.05) is 0 Å². The fourth-order valence-corrected chi connectivity index (χ4v) is 2.98. The van der Waals surface area contributed by atoms with E-state index in [0.717, 1.165) is 26.2 Å². The van der Waals surface area contributed by atoms with Crippen molar-refractivity contribution >= 4 is 0 Å². The van der Waals surface area contributed by atoms with E-state index in [9.17, 15) is 13.2 Å². The molecule has 1 aromatic rings. The van der Waals surface area contributed by atoms with Crippen LogP contribution < -0.4 is 14.8 Å². The molecule has 1 heterocycles. The highest BCUT2D eigenvalue weighted by Crippen LogP contribution is 2.36. The van der Waals surface area contributed by atoms with Gasteiger partial charge in [-0.15, -0.1) is 13.2 Å².